The third kappa shape index (κ3) is 3.58. The Hall–Kier alpha value is -0.800. The van der Waals surface area contributed by atoms with E-state index in [2.05, 4.69) is 47.1 Å². The van der Waals surface area contributed by atoms with Crippen molar-refractivity contribution < 1.29 is 0 Å². The maximum absolute atomic E-state index is 3.68. The van der Waals surface area contributed by atoms with Crippen molar-refractivity contribution in [2.75, 3.05) is 19.6 Å². The fourth-order valence-electron chi connectivity index (χ4n) is 2.51. The van der Waals surface area contributed by atoms with Crippen LogP contribution in [-0.2, 0) is 13.1 Å². The van der Waals surface area contributed by atoms with Crippen molar-refractivity contribution in [2.24, 2.45) is 0 Å². The van der Waals surface area contributed by atoms with Crippen LogP contribution in [0.3, 0.4) is 0 Å². The highest BCUT2D eigenvalue weighted by atomic mass is 15.1. The minimum absolute atomic E-state index is 0.711. The summed E-state index contributed by atoms with van der Waals surface area (Å²) in [6.45, 7) is 10.2. The molecule has 1 saturated heterocycles. The second kappa shape index (κ2) is 6.22. The van der Waals surface area contributed by atoms with E-state index in [9.17, 15) is 0 Å². The lowest BCUT2D eigenvalue weighted by Crippen LogP contribution is -2.42. The largest absolute Gasteiger partial charge is 0.354 e. The van der Waals surface area contributed by atoms with Crippen LogP contribution in [0, 0.1) is 0 Å². The number of aryl methyl sites for hydroxylation is 1. The Labute approximate surface area is 105 Å². The van der Waals surface area contributed by atoms with Gasteiger partial charge in [-0.3, -0.25) is 0 Å². The van der Waals surface area contributed by atoms with Gasteiger partial charge in [0.05, 0.1) is 0 Å². The molecule has 1 fully saturated rings. The third-order valence-corrected chi connectivity index (χ3v) is 3.81. The van der Waals surface area contributed by atoms with E-state index in [1.54, 1.807) is 0 Å². The molecule has 0 bridgehead atoms. The summed E-state index contributed by atoms with van der Waals surface area (Å²) in [5.41, 5.74) is 1.41. The Morgan fingerprint density at radius 3 is 2.59 bits per heavy atom. The van der Waals surface area contributed by atoms with Gasteiger partial charge in [-0.25, -0.2) is 0 Å². The van der Waals surface area contributed by atoms with Crippen molar-refractivity contribution in [2.45, 2.75) is 45.8 Å². The van der Waals surface area contributed by atoms with E-state index in [1.807, 2.05) is 0 Å². The van der Waals surface area contributed by atoms with Gasteiger partial charge in [0.1, 0.15) is 0 Å². The molecule has 1 N–H and O–H groups in total. The SMILES string of the molecule is CCN1CCC(NCc2ccn(CC)c2)CC1. The molecule has 0 spiro atoms. The highest BCUT2D eigenvalue weighted by Crippen LogP contribution is 2.11. The van der Waals surface area contributed by atoms with Crippen LogP contribution in [0.4, 0.5) is 0 Å². The second-order valence-corrected chi connectivity index (χ2v) is 4.94. The number of rotatable bonds is 5. The quantitative estimate of drug-likeness (QED) is 0.843. The minimum atomic E-state index is 0.711. The topological polar surface area (TPSA) is 20.2 Å². The molecule has 0 radical (unpaired) electrons. The minimum Gasteiger partial charge on any atom is -0.354 e. The number of nitrogens with zero attached hydrogens (tertiary/aromatic N) is 2. The van der Waals surface area contributed by atoms with Crippen LogP contribution in [0.15, 0.2) is 18.5 Å². The molecule has 1 aliphatic heterocycles. The molecule has 1 aromatic heterocycles. The predicted octanol–water partition coefficient (Wildman–Crippen LogP) is 2.08. The van der Waals surface area contributed by atoms with Crippen molar-refractivity contribution in [3.05, 3.63) is 24.0 Å². The van der Waals surface area contributed by atoms with Crippen LogP contribution in [0.5, 0.6) is 0 Å². The summed E-state index contributed by atoms with van der Waals surface area (Å²) in [5.74, 6) is 0. The van der Waals surface area contributed by atoms with Crippen LogP contribution in [0.2, 0.25) is 0 Å². The van der Waals surface area contributed by atoms with Gasteiger partial charge in [0, 0.05) is 31.5 Å². The van der Waals surface area contributed by atoms with Crippen molar-refractivity contribution in [3.8, 4) is 0 Å². The fourth-order valence-corrected chi connectivity index (χ4v) is 2.51. The summed E-state index contributed by atoms with van der Waals surface area (Å²) in [5, 5.41) is 3.68. The number of likely N-dealkylation sites (tertiary alicyclic amines) is 1. The lowest BCUT2D eigenvalue weighted by atomic mass is 10.0. The van der Waals surface area contributed by atoms with Crippen molar-refractivity contribution in [3.63, 3.8) is 0 Å². The first-order valence-electron chi connectivity index (χ1n) is 6.92. The molecule has 0 aliphatic carbocycles. The number of piperidine rings is 1. The van der Waals surface area contributed by atoms with E-state index in [4.69, 9.17) is 0 Å². The lowest BCUT2D eigenvalue weighted by molar-refractivity contribution is 0.206. The van der Waals surface area contributed by atoms with E-state index >= 15 is 0 Å². The second-order valence-electron chi connectivity index (χ2n) is 4.94. The van der Waals surface area contributed by atoms with E-state index in [-0.39, 0.29) is 0 Å². The molecule has 0 saturated carbocycles. The molecule has 17 heavy (non-hydrogen) atoms. The first-order chi connectivity index (χ1) is 8.31. The third-order valence-electron chi connectivity index (χ3n) is 3.81. The van der Waals surface area contributed by atoms with Gasteiger partial charge in [0.25, 0.3) is 0 Å². The molecule has 1 aliphatic rings. The summed E-state index contributed by atoms with van der Waals surface area (Å²) in [6, 6.07) is 2.93. The first kappa shape index (κ1) is 12.7. The standard InChI is InChI=1S/C14H25N3/c1-3-16-9-6-14(7-10-16)15-11-13-5-8-17(4-2)12-13/h5,8,12,14-15H,3-4,6-7,9-11H2,1-2H3. The van der Waals surface area contributed by atoms with Crippen LogP contribution in [0.1, 0.15) is 32.3 Å². The lowest BCUT2D eigenvalue weighted by Gasteiger charge is -2.31. The first-order valence-corrected chi connectivity index (χ1v) is 6.92. The van der Waals surface area contributed by atoms with Crippen LogP contribution in [-0.4, -0.2) is 35.1 Å². The van der Waals surface area contributed by atoms with Crippen LogP contribution >= 0.6 is 0 Å². The zero-order chi connectivity index (χ0) is 12.1. The normalized spacial score (nSPS) is 18.7. The molecule has 0 aromatic carbocycles. The summed E-state index contributed by atoms with van der Waals surface area (Å²) < 4.78 is 2.23. The van der Waals surface area contributed by atoms with Gasteiger partial charge >= 0.3 is 0 Å². The zero-order valence-corrected chi connectivity index (χ0v) is 11.2. The Morgan fingerprint density at radius 2 is 2.00 bits per heavy atom. The van der Waals surface area contributed by atoms with E-state index in [1.165, 1.54) is 38.0 Å². The number of nitrogens with one attached hydrogen (secondary N) is 1. The monoisotopic (exact) mass is 235 g/mol. The summed E-state index contributed by atoms with van der Waals surface area (Å²) in [4.78, 5) is 2.53. The van der Waals surface area contributed by atoms with Crippen LogP contribution in [0.25, 0.3) is 0 Å². The molecule has 0 atom stereocenters. The summed E-state index contributed by atoms with van der Waals surface area (Å²) >= 11 is 0. The molecule has 3 heteroatoms. The maximum atomic E-state index is 3.68. The molecule has 2 heterocycles. The van der Waals surface area contributed by atoms with E-state index in [0.29, 0.717) is 6.04 Å². The highest BCUT2D eigenvalue weighted by molar-refractivity contribution is 5.10. The van der Waals surface area contributed by atoms with Crippen molar-refractivity contribution in [1.29, 1.82) is 0 Å². The smallest absolute Gasteiger partial charge is 0.0223 e. The van der Waals surface area contributed by atoms with Gasteiger partial charge in [-0.1, -0.05) is 6.92 Å². The van der Waals surface area contributed by atoms with E-state index < -0.39 is 0 Å². The maximum Gasteiger partial charge on any atom is 0.0223 e. The Balaban J connectivity index is 1.72. The number of hydrogen-bond acceptors (Lipinski definition) is 2. The number of hydrogen-bond donors (Lipinski definition) is 1. The van der Waals surface area contributed by atoms with Gasteiger partial charge in [0.15, 0.2) is 0 Å². The predicted molar refractivity (Wildman–Crippen MR) is 72.1 cm³/mol. The molecule has 2 rings (SSSR count). The van der Waals surface area contributed by atoms with Gasteiger partial charge < -0.3 is 14.8 Å². The zero-order valence-electron chi connectivity index (χ0n) is 11.2. The van der Waals surface area contributed by atoms with Gasteiger partial charge in [-0.15, -0.1) is 0 Å². The van der Waals surface area contributed by atoms with Crippen LogP contribution < -0.4 is 5.32 Å². The van der Waals surface area contributed by atoms with Gasteiger partial charge in [-0.05, 0) is 51.0 Å². The molecular weight excluding hydrogens is 210 g/mol. The molecule has 0 amide bonds. The van der Waals surface area contributed by atoms with Crippen molar-refractivity contribution >= 4 is 0 Å². The Kier molecular flexibility index (Phi) is 4.63. The molecule has 1 aromatic rings. The Morgan fingerprint density at radius 1 is 1.24 bits per heavy atom. The molecular formula is C14H25N3. The van der Waals surface area contributed by atoms with Crippen molar-refractivity contribution in [1.82, 2.24) is 14.8 Å². The average Bonchev–Trinajstić information content (AvgIpc) is 2.85. The molecule has 3 nitrogen and oxygen atoms in total. The molecule has 96 valence electrons. The highest BCUT2D eigenvalue weighted by Gasteiger charge is 2.17. The Bertz CT molecular complexity index is 324. The van der Waals surface area contributed by atoms with Gasteiger partial charge in [0.2, 0.25) is 0 Å². The average molecular weight is 235 g/mol. The number of aromatic nitrogens is 1. The summed E-state index contributed by atoms with van der Waals surface area (Å²) in [7, 11) is 0. The molecule has 0 unspecified atom stereocenters. The fraction of sp³-hybridized carbons (Fsp3) is 0.714. The summed E-state index contributed by atoms with van der Waals surface area (Å²) in [6.07, 6.45) is 7.00. The van der Waals surface area contributed by atoms with E-state index in [0.717, 1.165) is 13.1 Å². The van der Waals surface area contributed by atoms with Gasteiger partial charge in [-0.2, -0.15) is 0 Å².